The fourth-order valence-corrected chi connectivity index (χ4v) is 2.67. The van der Waals surface area contributed by atoms with Gasteiger partial charge in [0, 0.05) is 34.9 Å². The Morgan fingerprint density at radius 1 is 1.09 bits per heavy atom. The van der Waals surface area contributed by atoms with E-state index in [-0.39, 0.29) is 5.91 Å². The summed E-state index contributed by atoms with van der Waals surface area (Å²) in [5, 5.41) is 1.10. The molecule has 4 nitrogen and oxygen atoms in total. The van der Waals surface area contributed by atoms with Crippen LogP contribution >= 0.6 is 0 Å². The molecule has 0 unspecified atom stereocenters. The summed E-state index contributed by atoms with van der Waals surface area (Å²) in [6.07, 6.45) is 1.90. The van der Waals surface area contributed by atoms with E-state index in [9.17, 15) is 4.79 Å². The van der Waals surface area contributed by atoms with Crippen molar-refractivity contribution in [3.8, 4) is 5.75 Å². The minimum Gasteiger partial charge on any atom is -0.494 e. The summed E-state index contributed by atoms with van der Waals surface area (Å²) in [5.74, 6) is 0.770. The molecule has 1 N–H and O–H groups in total. The zero-order chi connectivity index (χ0) is 16.2. The maximum Gasteiger partial charge on any atom is 0.258 e. The van der Waals surface area contributed by atoms with Crippen molar-refractivity contribution in [3.63, 3.8) is 0 Å². The lowest BCUT2D eigenvalue weighted by Gasteiger charge is -2.21. The van der Waals surface area contributed by atoms with Gasteiger partial charge in [-0.15, -0.1) is 0 Å². The molecule has 3 rings (SSSR count). The number of fused-ring (bicyclic) bond motifs is 1. The highest BCUT2D eigenvalue weighted by Crippen LogP contribution is 2.23. The van der Waals surface area contributed by atoms with Gasteiger partial charge < -0.3 is 14.6 Å². The molecule has 118 valence electrons. The Hall–Kier alpha value is -2.75. The molecule has 4 heteroatoms. The number of H-pyrrole nitrogens is 1. The van der Waals surface area contributed by atoms with Crippen LogP contribution in [-0.4, -0.2) is 24.0 Å². The summed E-state index contributed by atoms with van der Waals surface area (Å²) in [6.45, 7) is 5.15. The van der Waals surface area contributed by atoms with Crippen LogP contribution in [0.1, 0.15) is 24.2 Å². The van der Waals surface area contributed by atoms with Crippen molar-refractivity contribution in [1.29, 1.82) is 0 Å². The van der Waals surface area contributed by atoms with Crippen LogP contribution in [0, 0.1) is 0 Å². The Labute approximate surface area is 135 Å². The van der Waals surface area contributed by atoms with Crippen LogP contribution in [0.5, 0.6) is 5.75 Å². The van der Waals surface area contributed by atoms with E-state index in [2.05, 4.69) is 4.98 Å². The highest BCUT2D eigenvalue weighted by atomic mass is 16.5. The Kier molecular flexibility index (Phi) is 4.33. The second-order valence-corrected chi connectivity index (χ2v) is 5.26. The zero-order valence-corrected chi connectivity index (χ0v) is 13.4. The average molecular weight is 308 g/mol. The maximum atomic E-state index is 12.8. The number of hydrogen-bond acceptors (Lipinski definition) is 2. The third-order valence-electron chi connectivity index (χ3n) is 3.82. The maximum absolute atomic E-state index is 12.8. The molecule has 0 bridgehead atoms. The number of carbonyl (C=O) groups is 1. The Morgan fingerprint density at radius 2 is 1.87 bits per heavy atom. The van der Waals surface area contributed by atoms with Crippen LogP contribution in [-0.2, 0) is 0 Å². The topological polar surface area (TPSA) is 45.3 Å². The smallest absolute Gasteiger partial charge is 0.258 e. The summed E-state index contributed by atoms with van der Waals surface area (Å²) in [7, 11) is 0. The lowest BCUT2D eigenvalue weighted by molar-refractivity contribution is 0.0988. The third kappa shape index (κ3) is 3.06. The number of ether oxygens (including phenoxy) is 1. The molecule has 23 heavy (non-hydrogen) atoms. The molecule has 0 saturated carbocycles. The fourth-order valence-electron chi connectivity index (χ4n) is 2.67. The van der Waals surface area contributed by atoms with Crippen molar-refractivity contribution in [3.05, 3.63) is 60.3 Å². The van der Waals surface area contributed by atoms with Crippen molar-refractivity contribution >= 4 is 22.5 Å². The van der Waals surface area contributed by atoms with E-state index in [1.165, 1.54) is 0 Å². The Bertz CT molecular complexity index is 806. The molecular formula is C19H20N2O2. The van der Waals surface area contributed by atoms with E-state index in [1.807, 2.05) is 68.6 Å². The molecular weight excluding hydrogens is 288 g/mol. The summed E-state index contributed by atoms with van der Waals surface area (Å²) >= 11 is 0. The predicted molar refractivity (Wildman–Crippen MR) is 93.3 cm³/mol. The monoisotopic (exact) mass is 308 g/mol. The van der Waals surface area contributed by atoms with Crippen molar-refractivity contribution in [2.45, 2.75) is 13.8 Å². The lowest BCUT2D eigenvalue weighted by atomic mass is 10.1. The van der Waals surface area contributed by atoms with Gasteiger partial charge in [-0.25, -0.2) is 0 Å². The number of aromatic amines is 1. The van der Waals surface area contributed by atoms with Crippen LogP contribution in [0.2, 0.25) is 0 Å². The van der Waals surface area contributed by atoms with Gasteiger partial charge in [0.1, 0.15) is 5.75 Å². The highest BCUT2D eigenvalue weighted by molar-refractivity contribution is 6.06. The molecule has 0 fully saturated rings. The standard InChI is InChI=1S/C19H20N2O2/c1-3-21(16-7-10-18-15(13-16)11-12-20-18)19(22)14-5-8-17(9-6-14)23-4-2/h5-13,20H,3-4H2,1-2H3. The fraction of sp³-hybridized carbons (Fsp3) is 0.211. The van der Waals surface area contributed by atoms with E-state index < -0.39 is 0 Å². The average Bonchev–Trinajstić information content (AvgIpc) is 3.04. The van der Waals surface area contributed by atoms with E-state index in [4.69, 9.17) is 4.74 Å². The first-order chi connectivity index (χ1) is 11.2. The molecule has 0 radical (unpaired) electrons. The second-order valence-electron chi connectivity index (χ2n) is 5.26. The largest absolute Gasteiger partial charge is 0.494 e. The molecule has 0 atom stereocenters. The van der Waals surface area contributed by atoms with E-state index in [0.29, 0.717) is 18.7 Å². The quantitative estimate of drug-likeness (QED) is 0.766. The number of amides is 1. The Balaban J connectivity index is 1.88. The van der Waals surface area contributed by atoms with E-state index in [1.54, 1.807) is 4.90 Å². The van der Waals surface area contributed by atoms with Crippen molar-refractivity contribution < 1.29 is 9.53 Å². The molecule has 0 aliphatic heterocycles. The minimum absolute atomic E-state index is 0.00886. The van der Waals surface area contributed by atoms with E-state index >= 15 is 0 Å². The second kappa shape index (κ2) is 6.57. The predicted octanol–water partition coefficient (Wildman–Crippen LogP) is 4.23. The van der Waals surface area contributed by atoms with Crippen molar-refractivity contribution in [2.75, 3.05) is 18.1 Å². The van der Waals surface area contributed by atoms with Gasteiger partial charge in [-0.2, -0.15) is 0 Å². The molecule has 0 aliphatic rings. The number of nitrogens with one attached hydrogen (secondary N) is 1. The number of carbonyl (C=O) groups excluding carboxylic acids is 1. The number of hydrogen-bond donors (Lipinski definition) is 1. The molecule has 3 aromatic rings. The first-order valence-corrected chi connectivity index (χ1v) is 7.84. The number of anilines is 1. The number of nitrogens with zero attached hydrogens (tertiary/aromatic N) is 1. The molecule has 0 saturated heterocycles. The summed E-state index contributed by atoms with van der Waals surface area (Å²) in [4.78, 5) is 17.7. The van der Waals surface area contributed by atoms with Gasteiger partial charge >= 0.3 is 0 Å². The Morgan fingerprint density at radius 3 is 2.57 bits per heavy atom. The van der Waals surface area contributed by atoms with Gasteiger partial charge in [0.2, 0.25) is 0 Å². The zero-order valence-electron chi connectivity index (χ0n) is 13.4. The van der Waals surface area contributed by atoms with Gasteiger partial charge in [-0.1, -0.05) is 0 Å². The summed E-state index contributed by atoms with van der Waals surface area (Å²) in [6, 6.07) is 15.3. The van der Waals surface area contributed by atoms with Gasteiger partial charge in [-0.3, -0.25) is 4.79 Å². The van der Waals surface area contributed by atoms with Gasteiger partial charge in [0.15, 0.2) is 0 Å². The number of benzene rings is 2. The molecule has 0 spiro atoms. The number of aromatic nitrogens is 1. The van der Waals surface area contributed by atoms with Crippen LogP contribution in [0.3, 0.4) is 0 Å². The molecule has 2 aromatic carbocycles. The SMILES string of the molecule is CCOc1ccc(C(=O)N(CC)c2ccc3[nH]ccc3c2)cc1. The summed E-state index contributed by atoms with van der Waals surface area (Å²) in [5.41, 5.74) is 2.63. The highest BCUT2D eigenvalue weighted by Gasteiger charge is 2.16. The molecule has 1 heterocycles. The van der Waals surface area contributed by atoms with Crippen molar-refractivity contribution in [2.24, 2.45) is 0 Å². The van der Waals surface area contributed by atoms with Gasteiger partial charge in [0.05, 0.1) is 6.61 Å². The van der Waals surface area contributed by atoms with Gasteiger partial charge in [-0.05, 0) is 62.4 Å². The number of rotatable bonds is 5. The summed E-state index contributed by atoms with van der Waals surface area (Å²) < 4.78 is 5.42. The lowest BCUT2D eigenvalue weighted by Crippen LogP contribution is -2.30. The molecule has 0 aliphatic carbocycles. The van der Waals surface area contributed by atoms with Crippen LogP contribution in [0.25, 0.3) is 10.9 Å². The van der Waals surface area contributed by atoms with Crippen LogP contribution < -0.4 is 9.64 Å². The first kappa shape index (κ1) is 15.2. The van der Waals surface area contributed by atoms with Gasteiger partial charge in [0.25, 0.3) is 5.91 Å². The van der Waals surface area contributed by atoms with Crippen LogP contribution in [0.4, 0.5) is 5.69 Å². The van der Waals surface area contributed by atoms with E-state index in [0.717, 1.165) is 22.3 Å². The third-order valence-corrected chi connectivity index (χ3v) is 3.82. The normalized spacial score (nSPS) is 10.7. The minimum atomic E-state index is -0.00886. The molecule has 1 aromatic heterocycles. The molecule has 1 amide bonds. The first-order valence-electron chi connectivity index (χ1n) is 7.84. The van der Waals surface area contributed by atoms with Crippen LogP contribution in [0.15, 0.2) is 54.7 Å². The van der Waals surface area contributed by atoms with Crippen molar-refractivity contribution in [1.82, 2.24) is 4.98 Å².